The van der Waals surface area contributed by atoms with E-state index in [1.54, 1.807) is 19.2 Å². The van der Waals surface area contributed by atoms with Crippen molar-refractivity contribution in [3.05, 3.63) is 52.2 Å². The minimum atomic E-state index is -0.338. The van der Waals surface area contributed by atoms with Crippen LogP contribution in [0.5, 0.6) is 0 Å². The topological polar surface area (TPSA) is 72.4 Å². The lowest BCUT2D eigenvalue weighted by atomic mass is 9.94. The fourth-order valence-electron chi connectivity index (χ4n) is 2.89. The normalized spacial score (nSPS) is 16.1. The number of benzene rings is 1. The number of nitrogens with zero attached hydrogens (tertiary/aromatic N) is 3. The smallest absolute Gasteiger partial charge is 0.272 e. The SMILES string of the molecule is Cc1cc(N2CCC(c3cnco3)CC2)ccc1[N+](=O)[O-]. The number of aryl methyl sites for hydroxylation is 1. The van der Waals surface area contributed by atoms with Crippen LogP contribution in [0.3, 0.4) is 0 Å². The first-order chi connectivity index (χ1) is 10.1. The van der Waals surface area contributed by atoms with E-state index in [9.17, 15) is 10.1 Å². The Kier molecular flexibility index (Phi) is 3.60. The van der Waals surface area contributed by atoms with E-state index >= 15 is 0 Å². The number of anilines is 1. The summed E-state index contributed by atoms with van der Waals surface area (Å²) in [5.74, 6) is 1.37. The van der Waals surface area contributed by atoms with Gasteiger partial charge in [0.25, 0.3) is 5.69 Å². The monoisotopic (exact) mass is 287 g/mol. The molecule has 1 aliphatic heterocycles. The van der Waals surface area contributed by atoms with Crippen LogP contribution in [-0.2, 0) is 0 Å². The van der Waals surface area contributed by atoms with E-state index in [0.717, 1.165) is 37.4 Å². The Morgan fingerprint density at radius 3 is 2.71 bits per heavy atom. The zero-order valence-electron chi connectivity index (χ0n) is 11.9. The van der Waals surface area contributed by atoms with Crippen LogP contribution in [0.2, 0.25) is 0 Å². The molecule has 0 amide bonds. The molecule has 6 nitrogen and oxygen atoms in total. The van der Waals surface area contributed by atoms with E-state index in [0.29, 0.717) is 11.5 Å². The Labute approximate surface area is 122 Å². The summed E-state index contributed by atoms with van der Waals surface area (Å²) in [4.78, 5) is 16.8. The maximum atomic E-state index is 10.9. The van der Waals surface area contributed by atoms with Crippen molar-refractivity contribution in [3.63, 3.8) is 0 Å². The number of nitro groups is 1. The number of piperidine rings is 1. The second-order valence-electron chi connectivity index (χ2n) is 5.39. The number of oxazole rings is 1. The molecule has 3 rings (SSSR count). The molecule has 2 aromatic rings. The van der Waals surface area contributed by atoms with E-state index in [4.69, 9.17) is 4.42 Å². The van der Waals surface area contributed by atoms with Gasteiger partial charge in [0.05, 0.1) is 11.1 Å². The molecule has 1 aromatic heterocycles. The highest BCUT2D eigenvalue weighted by molar-refractivity contribution is 5.55. The van der Waals surface area contributed by atoms with Crippen molar-refractivity contribution in [2.24, 2.45) is 0 Å². The molecule has 1 saturated heterocycles. The molecule has 0 aliphatic carbocycles. The maximum absolute atomic E-state index is 10.9. The van der Waals surface area contributed by atoms with Gasteiger partial charge in [-0.15, -0.1) is 0 Å². The van der Waals surface area contributed by atoms with Crippen LogP contribution in [-0.4, -0.2) is 23.0 Å². The second kappa shape index (κ2) is 5.55. The lowest BCUT2D eigenvalue weighted by Crippen LogP contribution is -2.32. The first kappa shape index (κ1) is 13.6. The summed E-state index contributed by atoms with van der Waals surface area (Å²) in [6, 6.07) is 5.32. The van der Waals surface area contributed by atoms with Gasteiger partial charge in [-0.3, -0.25) is 10.1 Å². The first-order valence-corrected chi connectivity index (χ1v) is 7.03. The molecule has 0 radical (unpaired) electrons. The molecule has 2 heterocycles. The highest BCUT2D eigenvalue weighted by Gasteiger charge is 2.23. The molecule has 1 fully saturated rings. The maximum Gasteiger partial charge on any atom is 0.272 e. The van der Waals surface area contributed by atoms with Crippen molar-refractivity contribution < 1.29 is 9.34 Å². The number of nitro benzene ring substituents is 1. The number of aromatic nitrogens is 1. The zero-order valence-corrected chi connectivity index (χ0v) is 11.9. The van der Waals surface area contributed by atoms with Gasteiger partial charge in [-0.25, -0.2) is 4.98 Å². The van der Waals surface area contributed by atoms with Gasteiger partial charge in [0, 0.05) is 36.3 Å². The summed E-state index contributed by atoms with van der Waals surface area (Å²) >= 11 is 0. The number of rotatable bonds is 3. The van der Waals surface area contributed by atoms with Crippen molar-refractivity contribution >= 4 is 11.4 Å². The first-order valence-electron chi connectivity index (χ1n) is 7.03. The highest BCUT2D eigenvalue weighted by atomic mass is 16.6. The van der Waals surface area contributed by atoms with Crippen molar-refractivity contribution in [2.75, 3.05) is 18.0 Å². The Hall–Kier alpha value is -2.37. The average Bonchev–Trinajstić information content (AvgIpc) is 3.01. The third-order valence-corrected chi connectivity index (χ3v) is 4.09. The van der Waals surface area contributed by atoms with Gasteiger partial charge in [-0.2, -0.15) is 0 Å². The van der Waals surface area contributed by atoms with E-state index in [1.165, 1.54) is 6.39 Å². The summed E-state index contributed by atoms with van der Waals surface area (Å²) in [5.41, 5.74) is 1.93. The van der Waals surface area contributed by atoms with Gasteiger partial charge in [-0.05, 0) is 31.9 Å². The summed E-state index contributed by atoms with van der Waals surface area (Å²) < 4.78 is 5.37. The summed E-state index contributed by atoms with van der Waals surface area (Å²) in [6.45, 7) is 3.62. The van der Waals surface area contributed by atoms with Gasteiger partial charge in [-0.1, -0.05) is 0 Å². The predicted octanol–water partition coefficient (Wildman–Crippen LogP) is 3.28. The highest BCUT2D eigenvalue weighted by Crippen LogP contribution is 2.31. The van der Waals surface area contributed by atoms with Crippen LogP contribution < -0.4 is 4.90 Å². The van der Waals surface area contributed by atoms with Gasteiger partial charge in [0.1, 0.15) is 5.76 Å². The van der Waals surface area contributed by atoms with Gasteiger partial charge >= 0.3 is 0 Å². The molecular weight excluding hydrogens is 270 g/mol. The fraction of sp³-hybridized carbons (Fsp3) is 0.400. The second-order valence-corrected chi connectivity index (χ2v) is 5.39. The van der Waals surface area contributed by atoms with Crippen molar-refractivity contribution in [2.45, 2.75) is 25.7 Å². The van der Waals surface area contributed by atoms with Crippen LogP contribution in [0, 0.1) is 17.0 Å². The summed E-state index contributed by atoms with van der Waals surface area (Å²) in [6.07, 6.45) is 5.27. The molecule has 1 aromatic carbocycles. The van der Waals surface area contributed by atoms with Crippen molar-refractivity contribution in [1.29, 1.82) is 0 Å². The van der Waals surface area contributed by atoms with Crippen LogP contribution in [0.4, 0.5) is 11.4 Å². The standard InChI is InChI=1S/C15H17N3O3/c1-11-8-13(2-3-14(11)18(19)20)17-6-4-12(5-7-17)15-9-16-10-21-15/h2-3,8-10,12H,4-7H2,1H3. The van der Waals surface area contributed by atoms with Crippen LogP contribution in [0.25, 0.3) is 0 Å². The fourth-order valence-corrected chi connectivity index (χ4v) is 2.89. The van der Waals surface area contributed by atoms with Crippen molar-refractivity contribution in [3.8, 4) is 0 Å². The Bertz CT molecular complexity index is 632. The molecular formula is C15H17N3O3. The molecule has 1 aliphatic rings. The molecule has 0 atom stereocenters. The molecule has 0 spiro atoms. The lowest BCUT2D eigenvalue weighted by molar-refractivity contribution is -0.385. The van der Waals surface area contributed by atoms with E-state index in [1.807, 2.05) is 12.1 Å². The average molecular weight is 287 g/mol. The van der Waals surface area contributed by atoms with E-state index in [-0.39, 0.29) is 10.6 Å². The third kappa shape index (κ3) is 2.74. The van der Waals surface area contributed by atoms with Crippen LogP contribution >= 0.6 is 0 Å². The van der Waals surface area contributed by atoms with Gasteiger partial charge < -0.3 is 9.32 Å². The molecule has 0 saturated carbocycles. The summed E-state index contributed by atoms with van der Waals surface area (Å²) in [5, 5.41) is 10.9. The number of hydrogen-bond donors (Lipinski definition) is 0. The predicted molar refractivity (Wildman–Crippen MR) is 78.5 cm³/mol. The van der Waals surface area contributed by atoms with Crippen LogP contribution in [0.15, 0.2) is 35.2 Å². The minimum absolute atomic E-state index is 0.176. The Morgan fingerprint density at radius 2 is 2.14 bits per heavy atom. The quantitative estimate of drug-likeness (QED) is 0.640. The minimum Gasteiger partial charge on any atom is -0.448 e. The Balaban J connectivity index is 1.69. The van der Waals surface area contributed by atoms with Crippen molar-refractivity contribution in [1.82, 2.24) is 4.98 Å². The Morgan fingerprint density at radius 1 is 1.38 bits per heavy atom. The zero-order chi connectivity index (χ0) is 14.8. The molecule has 0 unspecified atom stereocenters. The van der Waals surface area contributed by atoms with E-state index in [2.05, 4.69) is 9.88 Å². The third-order valence-electron chi connectivity index (χ3n) is 4.09. The molecule has 0 N–H and O–H groups in total. The molecule has 110 valence electrons. The number of hydrogen-bond acceptors (Lipinski definition) is 5. The molecule has 0 bridgehead atoms. The molecule has 6 heteroatoms. The van der Waals surface area contributed by atoms with Gasteiger partial charge in [0.2, 0.25) is 0 Å². The molecule has 21 heavy (non-hydrogen) atoms. The summed E-state index contributed by atoms with van der Waals surface area (Å²) in [7, 11) is 0. The van der Waals surface area contributed by atoms with Crippen LogP contribution in [0.1, 0.15) is 30.1 Å². The van der Waals surface area contributed by atoms with Gasteiger partial charge in [0.15, 0.2) is 6.39 Å². The largest absolute Gasteiger partial charge is 0.448 e. The van der Waals surface area contributed by atoms with E-state index < -0.39 is 0 Å². The lowest BCUT2D eigenvalue weighted by Gasteiger charge is -2.32.